The Morgan fingerprint density at radius 1 is 1.30 bits per heavy atom. The van der Waals surface area contributed by atoms with Crippen LogP contribution in [0.15, 0.2) is 23.1 Å². The van der Waals surface area contributed by atoms with Gasteiger partial charge in [0.25, 0.3) is 0 Å². The van der Waals surface area contributed by atoms with Crippen molar-refractivity contribution in [2.75, 3.05) is 13.1 Å². The van der Waals surface area contributed by atoms with E-state index >= 15 is 0 Å². The minimum Gasteiger partial charge on any atom is -0.373 e. The molecule has 2 rings (SSSR count). The summed E-state index contributed by atoms with van der Waals surface area (Å²) in [4.78, 5) is 0.221. The number of halogens is 2. The van der Waals surface area contributed by atoms with Crippen LogP contribution < -0.4 is 0 Å². The molecule has 1 aromatic carbocycles. The number of hydrogen-bond acceptors (Lipinski definition) is 3. The molecule has 0 spiro atoms. The van der Waals surface area contributed by atoms with E-state index in [0.717, 1.165) is 0 Å². The van der Waals surface area contributed by atoms with Crippen molar-refractivity contribution in [3.05, 3.63) is 28.8 Å². The molecule has 20 heavy (non-hydrogen) atoms. The number of alkyl halides is 1. The zero-order valence-corrected chi connectivity index (χ0v) is 13.7. The second-order valence-electron chi connectivity index (χ2n) is 4.97. The lowest BCUT2D eigenvalue weighted by molar-refractivity contribution is -0.0440. The van der Waals surface area contributed by atoms with Crippen LogP contribution in [0.2, 0.25) is 5.02 Å². The van der Waals surface area contributed by atoms with Gasteiger partial charge in [-0.15, -0.1) is 11.6 Å². The quantitative estimate of drug-likeness (QED) is 0.796. The zero-order chi connectivity index (χ0) is 14.9. The van der Waals surface area contributed by atoms with Gasteiger partial charge in [0.2, 0.25) is 10.0 Å². The third-order valence-corrected chi connectivity index (χ3v) is 5.67. The minimum absolute atomic E-state index is 0.117. The molecule has 1 heterocycles. The summed E-state index contributed by atoms with van der Waals surface area (Å²) in [5, 5.41) is 0.475. The molecule has 0 unspecified atom stereocenters. The fourth-order valence-electron chi connectivity index (χ4n) is 2.29. The number of nitrogens with zero attached hydrogens (tertiary/aromatic N) is 1. The van der Waals surface area contributed by atoms with Crippen LogP contribution in [-0.4, -0.2) is 38.0 Å². The Morgan fingerprint density at radius 3 is 2.45 bits per heavy atom. The summed E-state index contributed by atoms with van der Waals surface area (Å²) in [6.07, 6.45) is -0.235. The first-order valence-electron chi connectivity index (χ1n) is 6.34. The SMILES string of the molecule is C[C@@H]1CN(S(=O)(=O)c2ccc(Cl)c(CCl)c2)C[C@H](C)O1. The Labute approximate surface area is 129 Å². The van der Waals surface area contributed by atoms with Gasteiger partial charge in [0.15, 0.2) is 0 Å². The van der Waals surface area contributed by atoms with Gasteiger partial charge in [-0.05, 0) is 37.6 Å². The molecule has 112 valence electrons. The van der Waals surface area contributed by atoms with Crippen LogP contribution in [0, 0.1) is 0 Å². The Hall–Kier alpha value is -0.330. The van der Waals surface area contributed by atoms with E-state index in [-0.39, 0.29) is 23.0 Å². The third kappa shape index (κ3) is 3.28. The standard InChI is InChI=1S/C13H17Cl2NO3S/c1-9-7-16(8-10(2)19-9)20(17,18)12-3-4-13(15)11(5-12)6-14/h3-5,9-10H,6-8H2,1-2H3/t9-,10+. The average molecular weight is 338 g/mol. The fraction of sp³-hybridized carbons (Fsp3) is 0.538. The fourth-order valence-corrected chi connectivity index (χ4v) is 4.41. The van der Waals surface area contributed by atoms with E-state index in [1.54, 1.807) is 6.07 Å². The Bertz CT molecular complexity index is 581. The van der Waals surface area contributed by atoms with Gasteiger partial charge in [0.05, 0.1) is 17.1 Å². The largest absolute Gasteiger partial charge is 0.373 e. The molecule has 0 amide bonds. The molecule has 2 atom stereocenters. The smallest absolute Gasteiger partial charge is 0.243 e. The van der Waals surface area contributed by atoms with Gasteiger partial charge in [0, 0.05) is 24.0 Å². The van der Waals surface area contributed by atoms with Crippen LogP contribution in [0.4, 0.5) is 0 Å². The predicted molar refractivity (Wildman–Crippen MR) is 79.8 cm³/mol. The van der Waals surface area contributed by atoms with E-state index in [9.17, 15) is 8.42 Å². The number of ether oxygens (including phenoxy) is 1. The molecule has 1 fully saturated rings. The average Bonchev–Trinajstić information content (AvgIpc) is 2.37. The lowest BCUT2D eigenvalue weighted by Gasteiger charge is -2.34. The Balaban J connectivity index is 2.34. The second-order valence-corrected chi connectivity index (χ2v) is 7.58. The molecule has 0 saturated carbocycles. The van der Waals surface area contributed by atoms with Crippen molar-refractivity contribution in [2.24, 2.45) is 0 Å². The van der Waals surface area contributed by atoms with Crippen molar-refractivity contribution < 1.29 is 13.2 Å². The summed E-state index contributed by atoms with van der Waals surface area (Å²) in [6, 6.07) is 4.62. The third-order valence-electron chi connectivity index (χ3n) is 3.19. The van der Waals surface area contributed by atoms with Crippen molar-refractivity contribution in [3.8, 4) is 0 Å². The van der Waals surface area contributed by atoms with E-state index in [2.05, 4.69) is 0 Å². The monoisotopic (exact) mass is 337 g/mol. The van der Waals surface area contributed by atoms with Crippen molar-refractivity contribution >= 4 is 33.2 Å². The summed E-state index contributed by atoms with van der Waals surface area (Å²) < 4.78 is 32.3. The number of hydrogen-bond donors (Lipinski definition) is 0. The maximum atomic E-state index is 12.6. The van der Waals surface area contributed by atoms with Crippen molar-refractivity contribution in [1.82, 2.24) is 4.31 Å². The molecule has 0 radical (unpaired) electrons. The highest BCUT2D eigenvalue weighted by Gasteiger charge is 2.32. The highest BCUT2D eigenvalue weighted by molar-refractivity contribution is 7.89. The van der Waals surface area contributed by atoms with Crippen LogP contribution in [-0.2, 0) is 20.6 Å². The molecule has 0 N–H and O–H groups in total. The number of morpholine rings is 1. The number of rotatable bonds is 3. The highest BCUT2D eigenvalue weighted by atomic mass is 35.5. The van der Waals surface area contributed by atoms with E-state index < -0.39 is 10.0 Å². The molecule has 1 aromatic rings. The van der Waals surface area contributed by atoms with Crippen LogP contribution in [0.5, 0.6) is 0 Å². The molecule has 7 heteroatoms. The molecule has 1 saturated heterocycles. The van der Waals surface area contributed by atoms with Gasteiger partial charge in [-0.3, -0.25) is 0 Å². The molecule has 1 aliphatic rings. The van der Waals surface area contributed by atoms with Gasteiger partial charge in [-0.25, -0.2) is 8.42 Å². The number of benzene rings is 1. The summed E-state index contributed by atoms with van der Waals surface area (Å²) in [6.45, 7) is 4.44. The summed E-state index contributed by atoms with van der Waals surface area (Å²) >= 11 is 11.7. The topological polar surface area (TPSA) is 46.6 Å². The van der Waals surface area contributed by atoms with Gasteiger partial charge in [-0.2, -0.15) is 4.31 Å². The van der Waals surface area contributed by atoms with Crippen molar-refractivity contribution in [3.63, 3.8) is 0 Å². The Morgan fingerprint density at radius 2 is 1.90 bits per heavy atom. The maximum Gasteiger partial charge on any atom is 0.243 e. The first kappa shape index (κ1) is 16.0. The molecule has 0 bridgehead atoms. The predicted octanol–water partition coefficient (Wildman–Crippen LogP) is 2.88. The van der Waals surface area contributed by atoms with Gasteiger partial charge in [0.1, 0.15) is 0 Å². The molecule has 1 aliphatic heterocycles. The zero-order valence-electron chi connectivity index (χ0n) is 11.3. The van der Waals surface area contributed by atoms with Gasteiger partial charge < -0.3 is 4.74 Å². The van der Waals surface area contributed by atoms with E-state index in [4.69, 9.17) is 27.9 Å². The van der Waals surface area contributed by atoms with Crippen molar-refractivity contribution in [2.45, 2.75) is 36.8 Å². The van der Waals surface area contributed by atoms with Gasteiger partial charge in [-0.1, -0.05) is 11.6 Å². The maximum absolute atomic E-state index is 12.6. The van der Waals surface area contributed by atoms with Crippen LogP contribution in [0.3, 0.4) is 0 Å². The molecular formula is C13H17Cl2NO3S. The van der Waals surface area contributed by atoms with E-state index in [1.807, 2.05) is 13.8 Å². The molecule has 0 aliphatic carbocycles. The highest BCUT2D eigenvalue weighted by Crippen LogP contribution is 2.26. The summed E-state index contributed by atoms with van der Waals surface area (Å²) in [5.41, 5.74) is 0.615. The molecular weight excluding hydrogens is 321 g/mol. The normalized spacial score (nSPS) is 24.8. The van der Waals surface area contributed by atoms with E-state index in [1.165, 1.54) is 16.4 Å². The summed E-state index contributed by atoms with van der Waals surface area (Å²) in [5.74, 6) is 0.179. The van der Waals surface area contributed by atoms with Crippen LogP contribution in [0.25, 0.3) is 0 Å². The molecule has 0 aromatic heterocycles. The minimum atomic E-state index is -3.54. The van der Waals surface area contributed by atoms with Crippen LogP contribution >= 0.6 is 23.2 Å². The first-order chi connectivity index (χ1) is 9.34. The van der Waals surface area contributed by atoms with Crippen molar-refractivity contribution in [1.29, 1.82) is 0 Å². The molecule has 4 nitrogen and oxygen atoms in total. The number of sulfonamides is 1. The van der Waals surface area contributed by atoms with Crippen LogP contribution in [0.1, 0.15) is 19.4 Å². The lowest BCUT2D eigenvalue weighted by atomic mass is 10.2. The first-order valence-corrected chi connectivity index (χ1v) is 8.70. The lowest BCUT2D eigenvalue weighted by Crippen LogP contribution is -2.48. The summed E-state index contributed by atoms with van der Waals surface area (Å²) in [7, 11) is -3.54. The van der Waals surface area contributed by atoms with E-state index in [0.29, 0.717) is 23.7 Å². The Kier molecular flexibility index (Phi) is 4.97. The van der Waals surface area contributed by atoms with Gasteiger partial charge >= 0.3 is 0 Å². The second kappa shape index (κ2) is 6.20.